The first-order valence-electron chi connectivity index (χ1n) is 6.97. The molecule has 1 aromatic carbocycles. The van der Waals surface area contributed by atoms with E-state index >= 15 is 0 Å². The number of rotatable bonds is 5. The Morgan fingerprint density at radius 2 is 1.89 bits per heavy atom. The van der Waals surface area contributed by atoms with Crippen LogP contribution in [0.1, 0.15) is 25.3 Å². The van der Waals surface area contributed by atoms with Crippen molar-refractivity contribution in [2.45, 2.75) is 32.2 Å². The summed E-state index contributed by atoms with van der Waals surface area (Å²) < 4.78 is 5.37. The molecule has 3 heteroatoms. The van der Waals surface area contributed by atoms with E-state index in [2.05, 4.69) is 36.1 Å². The van der Waals surface area contributed by atoms with Crippen molar-refractivity contribution in [3.63, 3.8) is 0 Å². The van der Waals surface area contributed by atoms with Gasteiger partial charge in [-0.25, -0.2) is 0 Å². The van der Waals surface area contributed by atoms with E-state index in [1.54, 1.807) is 0 Å². The first-order valence-corrected chi connectivity index (χ1v) is 6.97. The molecule has 1 fully saturated rings. The fourth-order valence-corrected chi connectivity index (χ4v) is 2.44. The molecule has 1 saturated heterocycles. The van der Waals surface area contributed by atoms with Crippen LogP contribution in [0, 0.1) is 0 Å². The van der Waals surface area contributed by atoms with Gasteiger partial charge in [0.15, 0.2) is 0 Å². The molecule has 2 N–H and O–H groups in total. The van der Waals surface area contributed by atoms with Crippen molar-refractivity contribution < 1.29 is 4.74 Å². The quantitative estimate of drug-likeness (QED) is 0.868. The predicted octanol–water partition coefficient (Wildman–Crippen LogP) is 2.19. The van der Waals surface area contributed by atoms with Crippen LogP contribution in [0.4, 0.5) is 5.69 Å². The molecule has 3 nitrogen and oxygen atoms in total. The zero-order chi connectivity index (χ0) is 12.8. The van der Waals surface area contributed by atoms with Gasteiger partial charge in [0.05, 0.1) is 13.2 Å². The van der Waals surface area contributed by atoms with E-state index in [0.717, 1.165) is 45.6 Å². The van der Waals surface area contributed by atoms with Crippen LogP contribution >= 0.6 is 0 Å². The van der Waals surface area contributed by atoms with Gasteiger partial charge in [-0.2, -0.15) is 0 Å². The fourth-order valence-electron chi connectivity index (χ4n) is 2.44. The molecular weight excluding hydrogens is 224 g/mol. The molecule has 0 spiro atoms. The van der Waals surface area contributed by atoms with Crippen molar-refractivity contribution in [2.24, 2.45) is 5.73 Å². The van der Waals surface area contributed by atoms with E-state index in [1.165, 1.54) is 11.3 Å². The summed E-state index contributed by atoms with van der Waals surface area (Å²) in [6.07, 6.45) is 3.25. The van der Waals surface area contributed by atoms with Crippen LogP contribution < -0.4 is 10.6 Å². The van der Waals surface area contributed by atoms with Gasteiger partial charge in [0.2, 0.25) is 0 Å². The lowest BCUT2D eigenvalue weighted by molar-refractivity contribution is 0.122. The summed E-state index contributed by atoms with van der Waals surface area (Å²) >= 11 is 0. The molecule has 1 atom stereocenters. The third-order valence-electron chi connectivity index (χ3n) is 3.47. The Labute approximate surface area is 110 Å². The van der Waals surface area contributed by atoms with E-state index in [9.17, 15) is 0 Å². The third-order valence-corrected chi connectivity index (χ3v) is 3.47. The van der Waals surface area contributed by atoms with Crippen LogP contribution in [0.3, 0.4) is 0 Å². The summed E-state index contributed by atoms with van der Waals surface area (Å²) in [4.78, 5) is 2.37. The second-order valence-corrected chi connectivity index (χ2v) is 5.02. The molecule has 18 heavy (non-hydrogen) atoms. The van der Waals surface area contributed by atoms with Crippen molar-refractivity contribution in [3.8, 4) is 0 Å². The highest BCUT2D eigenvalue weighted by Crippen LogP contribution is 2.17. The molecular formula is C15H24N2O. The van der Waals surface area contributed by atoms with Crippen LogP contribution in [0.25, 0.3) is 0 Å². The van der Waals surface area contributed by atoms with E-state index in [1.807, 2.05) is 0 Å². The Morgan fingerprint density at radius 1 is 1.22 bits per heavy atom. The van der Waals surface area contributed by atoms with Gasteiger partial charge in [0, 0.05) is 24.8 Å². The monoisotopic (exact) mass is 248 g/mol. The predicted molar refractivity (Wildman–Crippen MR) is 76.1 cm³/mol. The number of hydrogen-bond donors (Lipinski definition) is 1. The number of benzene rings is 1. The minimum absolute atomic E-state index is 0.296. The Kier molecular flexibility index (Phi) is 5.02. The molecule has 0 saturated carbocycles. The zero-order valence-electron chi connectivity index (χ0n) is 11.3. The average Bonchev–Trinajstić information content (AvgIpc) is 2.41. The largest absolute Gasteiger partial charge is 0.378 e. The van der Waals surface area contributed by atoms with E-state index in [4.69, 9.17) is 10.5 Å². The van der Waals surface area contributed by atoms with Gasteiger partial charge >= 0.3 is 0 Å². The van der Waals surface area contributed by atoms with Crippen LogP contribution in [-0.2, 0) is 11.2 Å². The van der Waals surface area contributed by atoms with Crippen LogP contribution in [-0.4, -0.2) is 32.3 Å². The Bertz CT molecular complexity index is 344. The number of ether oxygens (including phenoxy) is 1. The topological polar surface area (TPSA) is 38.5 Å². The normalized spacial score (nSPS) is 17.8. The number of anilines is 1. The summed E-state index contributed by atoms with van der Waals surface area (Å²) in [6, 6.07) is 9.13. The summed E-state index contributed by atoms with van der Waals surface area (Å²) in [7, 11) is 0. The maximum Gasteiger partial charge on any atom is 0.0642 e. The van der Waals surface area contributed by atoms with Crippen molar-refractivity contribution in [2.75, 3.05) is 31.2 Å². The van der Waals surface area contributed by atoms with Crippen molar-refractivity contribution in [1.82, 2.24) is 0 Å². The SMILES string of the molecule is CCCC(N)Cc1ccc(N2CCOCC2)cc1. The summed E-state index contributed by atoms with van der Waals surface area (Å²) in [6.45, 7) is 5.84. The second-order valence-electron chi connectivity index (χ2n) is 5.02. The lowest BCUT2D eigenvalue weighted by Gasteiger charge is -2.29. The second kappa shape index (κ2) is 6.76. The van der Waals surface area contributed by atoms with Gasteiger partial charge < -0.3 is 15.4 Å². The molecule has 0 aromatic heterocycles. The highest BCUT2D eigenvalue weighted by atomic mass is 16.5. The Balaban J connectivity index is 1.92. The van der Waals surface area contributed by atoms with Crippen LogP contribution in [0.15, 0.2) is 24.3 Å². The lowest BCUT2D eigenvalue weighted by Crippen LogP contribution is -2.36. The Hall–Kier alpha value is -1.06. The van der Waals surface area contributed by atoms with E-state index in [0.29, 0.717) is 6.04 Å². The molecule has 1 heterocycles. The highest BCUT2D eigenvalue weighted by Gasteiger charge is 2.11. The fraction of sp³-hybridized carbons (Fsp3) is 0.600. The highest BCUT2D eigenvalue weighted by molar-refractivity contribution is 5.48. The number of nitrogens with zero attached hydrogens (tertiary/aromatic N) is 1. The average molecular weight is 248 g/mol. The minimum Gasteiger partial charge on any atom is -0.378 e. The maximum atomic E-state index is 6.07. The van der Waals surface area contributed by atoms with Gasteiger partial charge in [0.1, 0.15) is 0 Å². The standard InChI is InChI=1S/C15H24N2O/c1-2-3-14(16)12-13-4-6-15(7-5-13)17-8-10-18-11-9-17/h4-7,14H,2-3,8-12,16H2,1H3. The third kappa shape index (κ3) is 3.72. The molecule has 0 aliphatic carbocycles. The number of hydrogen-bond acceptors (Lipinski definition) is 3. The van der Waals surface area contributed by atoms with Crippen molar-refractivity contribution in [1.29, 1.82) is 0 Å². The van der Waals surface area contributed by atoms with Gasteiger partial charge in [-0.15, -0.1) is 0 Å². The minimum atomic E-state index is 0.296. The molecule has 0 bridgehead atoms. The molecule has 1 aliphatic heterocycles. The molecule has 100 valence electrons. The van der Waals surface area contributed by atoms with E-state index in [-0.39, 0.29) is 0 Å². The van der Waals surface area contributed by atoms with Gasteiger partial charge in [0.25, 0.3) is 0 Å². The van der Waals surface area contributed by atoms with Gasteiger partial charge in [-0.3, -0.25) is 0 Å². The van der Waals surface area contributed by atoms with Crippen LogP contribution in [0.2, 0.25) is 0 Å². The summed E-state index contributed by atoms with van der Waals surface area (Å²) in [5, 5.41) is 0. The molecule has 1 aliphatic rings. The molecule has 1 aromatic rings. The summed E-state index contributed by atoms with van der Waals surface area (Å²) in [5.41, 5.74) is 8.71. The van der Waals surface area contributed by atoms with Crippen molar-refractivity contribution in [3.05, 3.63) is 29.8 Å². The zero-order valence-corrected chi connectivity index (χ0v) is 11.3. The Morgan fingerprint density at radius 3 is 2.50 bits per heavy atom. The van der Waals surface area contributed by atoms with Crippen LogP contribution in [0.5, 0.6) is 0 Å². The molecule has 0 amide bonds. The van der Waals surface area contributed by atoms with Gasteiger partial charge in [-0.1, -0.05) is 25.5 Å². The van der Waals surface area contributed by atoms with Crippen molar-refractivity contribution >= 4 is 5.69 Å². The molecule has 1 unspecified atom stereocenters. The molecule has 0 radical (unpaired) electrons. The summed E-state index contributed by atoms with van der Waals surface area (Å²) in [5.74, 6) is 0. The smallest absolute Gasteiger partial charge is 0.0642 e. The lowest BCUT2D eigenvalue weighted by atomic mass is 10.0. The first-order chi connectivity index (χ1) is 8.79. The molecule has 2 rings (SSSR count). The number of nitrogens with two attached hydrogens (primary N) is 1. The number of morpholine rings is 1. The van der Waals surface area contributed by atoms with E-state index < -0.39 is 0 Å². The van der Waals surface area contributed by atoms with Gasteiger partial charge in [-0.05, 0) is 30.5 Å². The first kappa shape index (κ1) is 13.4. The maximum absolute atomic E-state index is 6.07.